The monoisotopic (exact) mass is 213 g/mol. The van der Waals surface area contributed by atoms with E-state index in [-0.39, 0.29) is 5.75 Å². The number of rotatable bonds is 2. The molecule has 0 aliphatic carbocycles. The number of hydrogen-bond acceptors (Lipinski definition) is 3. The molecule has 0 bridgehead atoms. The van der Waals surface area contributed by atoms with Gasteiger partial charge in [0.2, 0.25) is 0 Å². The van der Waals surface area contributed by atoms with Gasteiger partial charge in [0.15, 0.2) is 0 Å². The standard InChI is InChI=1S/C12H11N3O/c1-15-8-9(7-14-15)4-10-2-3-12(16)5-11(10)6-13/h2-3,5,7-8,16H,4H2,1H3. The van der Waals surface area contributed by atoms with Crippen LogP contribution in [0.1, 0.15) is 16.7 Å². The summed E-state index contributed by atoms with van der Waals surface area (Å²) in [5.41, 5.74) is 2.45. The molecule has 0 unspecified atom stereocenters. The largest absolute Gasteiger partial charge is 0.508 e. The first-order chi connectivity index (χ1) is 7.69. The van der Waals surface area contributed by atoms with Crippen molar-refractivity contribution in [2.24, 2.45) is 7.05 Å². The highest BCUT2D eigenvalue weighted by Crippen LogP contribution is 2.18. The molecule has 4 heteroatoms. The predicted molar refractivity (Wildman–Crippen MR) is 58.8 cm³/mol. The van der Waals surface area contributed by atoms with E-state index >= 15 is 0 Å². The summed E-state index contributed by atoms with van der Waals surface area (Å²) in [5, 5.41) is 22.3. The molecule has 1 N–H and O–H groups in total. The summed E-state index contributed by atoms with van der Waals surface area (Å²) < 4.78 is 1.72. The molecule has 0 aliphatic heterocycles. The lowest BCUT2D eigenvalue weighted by molar-refractivity contribution is 0.475. The lowest BCUT2D eigenvalue weighted by Crippen LogP contribution is -1.91. The zero-order chi connectivity index (χ0) is 11.5. The maximum atomic E-state index is 9.27. The Bertz CT molecular complexity index is 552. The molecular weight excluding hydrogens is 202 g/mol. The second kappa shape index (κ2) is 4.07. The van der Waals surface area contributed by atoms with E-state index in [1.54, 1.807) is 23.0 Å². The van der Waals surface area contributed by atoms with E-state index in [1.807, 2.05) is 13.2 Å². The fourth-order valence-corrected chi connectivity index (χ4v) is 1.61. The summed E-state index contributed by atoms with van der Waals surface area (Å²) >= 11 is 0. The van der Waals surface area contributed by atoms with E-state index in [4.69, 9.17) is 5.26 Å². The molecule has 1 aromatic heterocycles. The van der Waals surface area contributed by atoms with Crippen molar-refractivity contribution in [1.82, 2.24) is 9.78 Å². The molecule has 16 heavy (non-hydrogen) atoms. The van der Waals surface area contributed by atoms with E-state index in [0.717, 1.165) is 11.1 Å². The number of aromatic hydroxyl groups is 1. The summed E-state index contributed by atoms with van der Waals surface area (Å²) in [6.45, 7) is 0. The van der Waals surface area contributed by atoms with Gasteiger partial charge in [-0.2, -0.15) is 10.4 Å². The van der Waals surface area contributed by atoms with Crippen molar-refractivity contribution < 1.29 is 5.11 Å². The molecule has 1 aromatic carbocycles. The number of benzene rings is 1. The number of hydrogen-bond donors (Lipinski definition) is 1. The third kappa shape index (κ3) is 2.04. The Labute approximate surface area is 93.4 Å². The number of nitrogens with zero attached hydrogens (tertiary/aromatic N) is 3. The Balaban J connectivity index is 2.31. The normalized spacial score (nSPS) is 10.0. The zero-order valence-electron chi connectivity index (χ0n) is 8.88. The van der Waals surface area contributed by atoms with Gasteiger partial charge in [-0.3, -0.25) is 4.68 Å². The summed E-state index contributed by atoms with van der Waals surface area (Å²) in [6.07, 6.45) is 4.33. The Hall–Kier alpha value is -2.28. The van der Waals surface area contributed by atoms with E-state index in [1.165, 1.54) is 6.07 Å². The molecule has 0 aliphatic rings. The van der Waals surface area contributed by atoms with Gasteiger partial charge in [0.25, 0.3) is 0 Å². The van der Waals surface area contributed by atoms with Crippen LogP contribution in [-0.4, -0.2) is 14.9 Å². The predicted octanol–water partition coefficient (Wildman–Crippen LogP) is 1.59. The molecule has 80 valence electrons. The number of phenols is 1. The highest BCUT2D eigenvalue weighted by atomic mass is 16.3. The molecule has 0 spiro atoms. The minimum atomic E-state index is 0.117. The molecule has 0 amide bonds. The van der Waals surface area contributed by atoms with E-state index in [2.05, 4.69) is 11.2 Å². The fourth-order valence-electron chi connectivity index (χ4n) is 1.61. The van der Waals surface area contributed by atoms with Crippen molar-refractivity contribution in [3.63, 3.8) is 0 Å². The summed E-state index contributed by atoms with van der Waals surface area (Å²) in [6, 6.07) is 6.91. The van der Waals surface area contributed by atoms with E-state index < -0.39 is 0 Å². The Morgan fingerprint density at radius 1 is 1.50 bits per heavy atom. The molecule has 4 nitrogen and oxygen atoms in total. The third-order valence-corrected chi connectivity index (χ3v) is 2.37. The van der Waals surface area contributed by atoms with Gasteiger partial charge >= 0.3 is 0 Å². The molecule has 0 fully saturated rings. The topological polar surface area (TPSA) is 61.8 Å². The number of aromatic nitrogens is 2. The van der Waals surface area contributed by atoms with Gasteiger partial charge in [0.05, 0.1) is 17.8 Å². The number of phenolic OH excluding ortho intramolecular Hbond substituents is 1. The van der Waals surface area contributed by atoms with E-state index in [0.29, 0.717) is 12.0 Å². The summed E-state index contributed by atoms with van der Waals surface area (Å²) in [5.74, 6) is 0.117. The van der Waals surface area contributed by atoms with Gasteiger partial charge in [0, 0.05) is 19.7 Å². The molecular formula is C12H11N3O. The molecule has 0 saturated carbocycles. The number of nitriles is 1. The third-order valence-electron chi connectivity index (χ3n) is 2.37. The van der Waals surface area contributed by atoms with Gasteiger partial charge in [0.1, 0.15) is 5.75 Å². The first kappa shape index (κ1) is 10.2. The van der Waals surface area contributed by atoms with Crippen LogP contribution < -0.4 is 0 Å². The average molecular weight is 213 g/mol. The second-order valence-corrected chi connectivity index (χ2v) is 3.65. The zero-order valence-corrected chi connectivity index (χ0v) is 8.88. The fraction of sp³-hybridized carbons (Fsp3) is 0.167. The van der Waals surface area contributed by atoms with Crippen LogP contribution in [-0.2, 0) is 13.5 Å². The van der Waals surface area contributed by atoms with Crippen LogP contribution in [0.2, 0.25) is 0 Å². The van der Waals surface area contributed by atoms with Crippen molar-refractivity contribution >= 4 is 0 Å². The van der Waals surface area contributed by atoms with Crippen LogP contribution in [0.25, 0.3) is 0 Å². The molecule has 2 rings (SSSR count). The average Bonchev–Trinajstić information content (AvgIpc) is 2.67. The maximum absolute atomic E-state index is 9.27. The molecule has 1 heterocycles. The van der Waals surface area contributed by atoms with Gasteiger partial charge in [-0.25, -0.2) is 0 Å². The highest BCUT2D eigenvalue weighted by Gasteiger charge is 2.05. The number of aryl methyl sites for hydroxylation is 1. The van der Waals surface area contributed by atoms with Crippen molar-refractivity contribution in [2.45, 2.75) is 6.42 Å². The van der Waals surface area contributed by atoms with Gasteiger partial charge in [-0.1, -0.05) is 6.07 Å². The second-order valence-electron chi connectivity index (χ2n) is 3.65. The maximum Gasteiger partial charge on any atom is 0.116 e. The van der Waals surface area contributed by atoms with Gasteiger partial charge < -0.3 is 5.11 Å². The van der Waals surface area contributed by atoms with Crippen molar-refractivity contribution in [2.75, 3.05) is 0 Å². The lowest BCUT2D eigenvalue weighted by Gasteiger charge is -2.02. The van der Waals surface area contributed by atoms with E-state index in [9.17, 15) is 5.11 Å². The molecule has 0 saturated heterocycles. The van der Waals surface area contributed by atoms with Gasteiger partial charge in [-0.05, 0) is 23.3 Å². The Kier molecular flexibility index (Phi) is 2.61. The molecule has 0 radical (unpaired) electrons. The highest BCUT2D eigenvalue weighted by molar-refractivity contribution is 5.44. The first-order valence-electron chi connectivity index (χ1n) is 4.88. The van der Waals surface area contributed by atoms with Crippen LogP contribution in [0, 0.1) is 11.3 Å². The van der Waals surface area contributed by atoms with Crippen molar-refractivity contribution in [3.8, 4) is 11.8 Å². The van der Waals surface area contributed by atoms with Crippen LogP contribution in [0.5, 0.6) is 5.75 Å². The molecule has 2 aromatic rings. The first-order valence-corrected chi connectivity index (χ1v) is 4.88. The van der Waals surface area contributed by atoms with Crippen LogP contribution in [0.4, 0.5) is 0 Å². The van der Waals surface area contributed by atoms with Crippen LogP contribution in [0.15, 0.2) is 30.6 Å². The van der Waals surface area contributed by atoms with Crippen molar-refractivity contribution in [1.29, 1.82) is 5.26 Å². The Morgan fingerprint density at radius 2 is 2.31 bits per heavy atom. The minimum absolute atomic E-state index is 0.117. The van der Waals surface area contributed by atoms with Gasteiger partial charge in [-0.15, -0.1) is 0 Å². The Morgan fingerprint density at radius 3 is 2.94 bits per heavy atom. The lowest BCUT2D eigenvalue weighted by atomic mass is 10.0. The van der Waals surface area contributed by atoms with Crippen LogP contribution in [0.3, 0.4) is 0 Å². The smallest absolute Gasteiger partial charge is 0.116 e. The quantitative estimate of drug-likeness (QED) is 0.824. The van der Waals surface area contributed by atoms with Crippen LogP contribution >= 0.6 is 0 Å². The SMILES string of the molecule is Cn1cc(Cc2ccc(O)cc2C#N)cn1. The minimum Gasteiger partial charge on any atom is -0.508 e. The summed E-state index contributed by atoms with van der Waals surface area (Å²) in [4.78, 5) is 0. The summed E-state index contributed by atoms with van der Waals surface area (Å²) in [7, 11) is 1.85. The van der Waals surface area contributed by atoms with Crippen molar-refractivity contribution in [3.05, 3.63) is 47.3 Å². The molecule has 0 atom stereocenters.